The maximum absolute atomic E-state index is 12.0. The van der Waals surface area contributed by atoms with Crippen LogP contribution < -0.4 is 11.2 Å². The third kappa shape index (κ3) is 6.91. The number of carbonyl (C=O) groups is 1. The predicted octanol–water partition coefficient (Wildman–Crippen LogP) is 1.86. The molecule has 0 radical (unpaired) electrons. The molecule has 1 aromatic carbocycles. The van der Waals surface area contributed by atoms with Gasteiger partial charge in [-0.3, -0.25) is 19.1 Å². The molecule has 3 atom stereocenters. The largest absolute Gasteiger partial charge is 0.458 e. The SMILES string of the molecule is CC(=O)OC1CC(COCc2ccccc2)OC1n1ccc(=O)[nH]c1=O.FCF. The lowest BCUT2D eigenvalue weighted by molar-refractivity contribution is -0.152. The predicted molar refractivity (Wildman–Crippen MR) is 98.6 cm³/mol. The molecule has 29 heavy (non-hydrogen) atoms. The van der Waals surface area contributed by atoms with Crippen LogP contribution in [0.5, 0.6) is 0 Å². The Kier molecular flexibility index (Phi) is 8.68. The number of aromatic amines is 1. The summed E-state index contributed by atoms with van der Waals surface area (Å²) in [7, 11) is 0. The Morgan fingerprint density at radius 2 is 1.93 bits per heavy atom. The molecule has 1 aromatic heterocycles. The number of carbonyl (C=O) groups excluding carboxylic acids is 1. The van der Waals surface area contributed by atoms with Crippen molar-refractivity contribution in [2.75, 3.05) is 13.5 Å². The Hall–Kier alpha value is -2.85. The number of rotatable bonds is 6. The van der Waals surface area contributed by atoms with Crippen LogP contribution in [0.25, 0.3) is 0 Å². The number of nitrogens with zero attached hydrogens (tertiary/aromatic N) is 1. The van der Waals surface area contributed by atoms with E-state index in [4.69, 9.17) is 14.2 Å². The molecule has 1 aliphatic rings. The number of alkyl halides is 2. The van der Waals surface area contributed by atoms with E-state index in [1.165, 1.54) is 23.8 Å². The minimum absolute atomic E-state index is 0.293. The van der Waals surface area contributed by atoms with Crippen LogP contribution in [0.3, 0.4) is 0 Å². The number of esters is 1. The minimum Gasteiger partial charge on any atom is -0.458 e. The zero-order valence-corrected chi connectivity index (χ0v) is 15.8. The first kappa shape index (κ1) is 22.4. The summed E-state index contributed by atoms with van der Waals surface area (Å²) in [6.45, 7) is 0.273. The van der Waals surface area contributed by atoms with E-state index in [0.717, 1.165) is 5.56 Å². The first-order chi connectivity index (χ1) is 13.9. The summed E-state index contributed by atoms with van der Waals surface area (Å²) >= 11 is 0. The van der Waals surface area contributed by atoms with Gasteiger partial charge in [-0.25, -0.2) is 13.6 Å². The molecule has 0 saturated carbocycles. The number of hydrogen-bond donors (Lipinski definition) is 1. The molecule has 1 fully saturated rings. The van der Waals surface area contributed by atoms with E-state index >= 15 is 0 Å². The summed E-state index contributed by atoms with van der Waals surface area (Å²) < 4.78 is 37.3. The highest BCUT2D eigenvalue weighted by atomic mass is 19.3. The van der Waals surface area contributed by atoms with E-state index in [2.05, 4.69) is 4.98 Å². The average molecular weight is 412 g/mol. The Labute approximate surface area is 165 Å². The fourth-order valence-electron chi connectivity index (χ4n) is 2.90. The van der Waals surface area contributed by atoms with Crippen molar-refractivity contribution in [1.82, 2.24) is 9.55 Å². The number of benzene rings is 1. The molecule has 10 heteroatoms. The highest BCUT2D eigenvalue weighted by Gasteiger charge is 2.39. The summed E-state index contributed by atoms with van der Waals surface area (Å²) in [5.74, 6) is -0.466. The van der Waals surface area contributed by atoms with Crippen LogP contribution >= 0.6 is 0 Å². The second kappa shape index (κ2) is 11.2. The molecule has 0 spiro atoms. The van der Waals surface area contributed by atoms with Crippen LogP contribution in [-0.4, -0.2) is 41.3 Å². The molecule has 0 aliphatic carbocycles. The monoisotopic (exact) mass is 412 g/mol. The molecule has 1 N–H and O–H groups in total. The first-order valence-electron chi connectivity index (χ1n) is 8.82. The average Bonchev–Trinajstić information content (AvgIpc) is 3.05. The van der Waals surface area contributed by atoms with Crippen LogP contribution in [0, 0.1) is 0 Å². The van der Waals surface area contributed by atoms with Gasteiger partial charge < -0.3 is 14.2 Å². The van der Waals surface area contributed by atoms with Crippen molar-refractivity contribution in [3.63, 3.8) is 0 Å². The van der Waals surface area contributed by atoms with Crippen molar-refractivity contribution < 1.29 is 27.8 Å². The Balaban J connectivity index is 0.000000941. The molecule has 3 rings (SSSR count). The maximum Gasteiger partial charge on any atom is 0.330 e. The lowest BCUT2D eigenvalue weighted by Gasteiger charge is -2.20. The number of aromatic nitrogens is 2. The molecule has 3 unspecified atom stereocenters. The van der Waals surface area contributed by atoms with Crippen molar-refractivity contribution in [3.05, 3.63) is 69.0 Å². The van der Waals surface area contributed by atoms with Gasteiger partial charge in [0.25, 0.3) is 5.56 Å². The van der Waals surface area contributed by atoms with Crippen molar-refractivity contribution in [3.8, 4) is 0 Å². The number of halogens is 2. The Morgan fingerprint density at radius 1 is 1.24 bits per heavy atom. The van der Waals surface area contributed by atoms with Gasteiger partial charge in [-0.1, -0.05) is 30.3 Å². The van der Waals surface area contributed by atoms with E-state index in [1.54, 1.807) is 0 Å². The third-order valence-electron chi connectivity index (χ3n) is 4.00. The standard InChI is InChI=1S/C18H20N2O6.CH2F2/c1-12(21)25-15-9-14(11-24-10-13-5-3-2-4-6-13)26-17(15)20-8-7-16(22)19-18(20)23;2-1-3/h2-8,14-15,17H,9-11H2,1H3,(H,19,22,23);1H2. The van der Waals surface area contributed by atoms with Crippen LogP contribution in [-0.2, 0) is 25.6 Å². The fraction of sp³-hybridized carbons (Fsp3) is 0.421. The lowest BCUT2D eigenvalue weighted by Crippen LogP contribution is -2.36. The molecule has 2 aromatic rings. The Morgan fingerprint density at radius 3 is 2.55 bits per heavy atom. The first-order valence-corrected chi connectivity index (χ1v) is 8.82. The van der Waals surface area contributed by atoms with Crippen LogP contribution in [0.4, 0.5) is 8.78 Å². The quantitative estimate of drug-likeness (QED) is 0.727. The van der Waals surface area contributed by atoms with E-state index in [9.17, 15) is 23.2 Å². The van der Waals surface area contributed by atoms with Gasteiger partial charge in [-0.2, -0.15) is 0 Å². The molecule has 0 amide bonds. The summed E-state index contributed by atoms with van der Waals surface area (Å²) in [6, 6.07) is 10.9. The van der Waals surface area contributed by atoms with Crippen LogP contribution in [0.1, 0.15) is 25.1 Å². The summed E-state index contributed by atoms with van der Waals surface area (Å²) in [5, 5.41) is 0. The summed E-state index contributed by atoms with van der Waals surface area (Å²) in [6.07, 6.45) is -0.0676. The molecule has 2 heterocycles. The van der Waals surface area contributed by atoms with Gasteiger partial charge in [0.2, 0.25) is 6.93 Å². The molecular formula is C19H22F2N2O6. The lowest BCUT2D eigenvalue weighted by atomic mass is 10.2. The van der Waals surface area contributed by atoms with E-state index in [-0.39, 0.29) is 6.10 Å². The highest BCUT2D eigenvalue weighted by molar-refractivity contribution is 5.66. The van der Waals surface area contributed by atoms with Crippen molar-refractivity contribution in [1.29, 1.82) is 0 Å². The molecular weight excluding hydrogens is 390 g/mol. The van der Waals surface area contributed by atoms with Crippen molar-refractivity contribution in [2.24, 2.45) is 0 Å². The maximum atomic E-state index is 12.0. The molecule has 8 nitrogen and oxygen atoms in total. The zero-order chi connectivity index (χ0) is 21.2. The van der Waals surface area contributed by atoms with Crippen molar-refractivity contribution in [2.45, 2.75) is 38.4 Å². The van der Waals surface area contributed by atoms with Gasteiger partial charge in [-0.15, -0.1) is 0 Å². The van der Waals surface area contributed by atoms with Gasteiger partial charge in [-0.05, 0) is 5.56 Å². The smallest absolute Gasteiger partial charge is 0.330 e. The van der Waals surface area contributed by atoms with E-state index in [0.29, 0.717) is 19.6 Å². The van der Waals surface area contributed by atoms with Crippen molar-refractivity contribution >= 4 is 5.97 Å². The van der Waals surface area contributed by atoms with Gasteiger partial charge in [0, 0.05) is 25.6 Å². The van der Waals surface area contributed by atoms with E-state index < -0.39 is 36.5 Å². The van der Waals surface area contributed by atoms with Gasteiger partial charge in [0.15, 0.2) is 6.23 Å². The van der Waals surface area contributed by atoms with Crippen LogP contribution in [0.2, 0.25) is 0 Å². The normalized spacial score (nSPS) is 20.6. The highest BCUT2D eigenvalue weighted by Crippen LogP contribution is 2.30. The molecule has 158 valence electrons. The number of nitrogens with one attached hydrogen (secondary N) is 1. The zero-order valence-electron chi connectivity index (χ0n) is 15.8. The molecule has 1 aliphatic heterocycles. The van der Waals surface area contributed by atoms with Crippen LogP contribution in [0.15, 0.2) is 52.2 Å². The number of H-pyrrole nitrogens is 1. The van der Waals surface area contributed by atoms with Gasteiger partial charge in [0.1, 0.15) is 6.10 Å². The molecule has 1 saturated heterocycles. The van der Waals surface area contributed by atoms with E-state index in [1.807, 2.05) is 30.3 Å². The topological polar surface area (TPSA) is 99.6 Å². The Bertz CT molecular complexity index is 886. The second-order valence-corrected chi connectivity index (χ2v) is 6.15. The summed E-state index contributed by atoms with van der Waals surface area (Å²) in [4.78, 5) is 36.8. The fourth-order valence-corrected chi connectivity index (χ4v) is 2.90. The minimum atomic E-state index is -1.75. The summed E-state index contributed by atoms with van der Waals surface area (Å²) in [5.41, 5.74) is -0.0861. The van der Waals surface area contributed by atoms with Gasteiger partial charge in [0.05, 0.1) is 19.3 Å². The second-order valence-electron chi connectivity index (χ2n) is 6.15. The number of hydrogen-bond acceptors (Lipinski definition) is 6. The molecule has 0 bridgehead atoms. The number of ether oxygens (including phenoxy) is 3. The van der Waals surface area contributed by atoms with Gasteiger partial charge >= 0.3 is 11.7 Å². The third-order valence-corrected chi connectivity index (χ3v) is 4.00.